The number of aryl methyl sites for hydroxylation is 1. The third-order valence-electron chi connectivity index (χ3n) is 4.78. The summed E-state index contributed by atoms with van der Waals surface area (Å²) in [5, 5.41) is 2.94. The van der Waals surface area contributed by atoms with Crippen LogP contribution >= 0.6 is 0 Å². The molecule has 0 spiro atoms. The zero-order valence-electron chi connectivity index (χ0n) is 13.2. The Morgan fingerprint density at radius 1 is 1.22 bits per heavy atom. The fourth-order valence-electron chi connectivity index (χ4n) is 3.46. The maximum absolute atomic E-state index is 12.4. The van der Waals surface area contributed by atoms with Crippen molar-refractivity contribution in [2.75, 3.05) is 13.1 Å². The summed E-state index contributed by atoms with van der Waals surface area (Å²) in [4.78, 5) is 38.1. The van der Waals surface area contributed by atoms with E-state index >= 15 is 0 Å². The first kappa shape index (κ1) is 15.7. The maximum atomic E-state index is 12.4. The molecule has 1 aliphatic heterocycles. The summed E-state index contributed by atoms with van der Waals surface area (Å²) < 4.78 is 0. The molecule has 1 aromatic carbocycles. The number of fused-ring (bicyclic) bond motifs is 1. The molecule has 1 heterocycles. The van der Waals surface area contributed by atoms with Crippen LogP contribution in [0.15, 0.2) is 18.2 Å². The van der Waals surface area contributed by atoms with Crippen LogP contribution in [0, 0.1) is 6.92 Å². The molecule has 2 aliphatic rings. The molecule has 6 heteroatoms. The lowest BCUT2D eigenvalue weighted by molar-refractivity contribution is -0.123. The Labute approximate surface area is 135 Å². The maximum Gasteiger partial charge on any atom is 0.262 e. The summed E-state index contributed by atoms with van der Waals surface area (Å²) in [6.07, 6.45) is 3.75. The first-order chi connectivity index (χ1) is 11.0. The Balaban J connectivity index is 1.73. The summed E-state index contributed by atoms with van der Waals surface area (Å²) in [5.41, 5.74) is 7.06. The second-order valence-corrected chi connectivity index (χ2v) is 6.49. The zero-order valence-corrected chi connectivity index (χ0v) is 13.2. The van der Waals surface area contributed by atoms with Gasteiger partial charge in [-0.25, -0.2) is 0 Å². The molecule has 0 radical (unpaired) electrons. The third kappa shape index (κ3) is 2.74. The SMILES string of the molecule is Cc1ccc2c(c1)C(=O)N(CC(=O)NC1(CN)CCCC1)C2=O. The number of benzene rings is 1. The predicted octanol–water partition coefficient (Wildman–Crippen LogP) is 0.979. The first-order valence-corrected chi connectivity index (χ1v) is 7.94. The van der Waals surface area contributed by atoms with E-state index in [-0.39, 0.29) is 18.0 Å². The molecule has 1 aromatic rings. The van der Waals surface area contributed by atoms with Crippen LogP contribution in [0.2, 0.25) is 0 Å². The molecular formula is C17H21N3O3. The highest BCUT2D eigenvalue weighted by Crippen LogP contribution is 2.29. The van der Waals surface area contributed by atoms with E-state index in [9.17, 15) is 14.4 Å². The molecule has 0 saturated heterocycles. The lowest BCUT2D eigenvalue weighted by Crippen LogP contribution is -2.54. The normalized spacial score (nSPS) is 19.1. The molecule has 0 atom stereocenters. The first-order valence-electron chi connectivity index (χ1n) is 7.94. The highest BCUT2D eigenvalue weighted by molar-refractivity contribution is 6.22. The molecular weight excluding hydrogens is 294 g/mol. The number of amides is 3. The molecule has 1 aliphatic carbocycles. The van der Waals surface area contributed by atoms with Crippen molar-refractivity contribution in [3.8, 4) is 0 Å². The van der Waals surface area contributed by atoms with Crippen LogP contribution in [-0.2, 0) is 4.79 Å². The number of carbonyl (C=O) groups excluding carboxylic acids is 3. The van der Waals surface area contributed by atoms with Gasteiger partial charge in [0.15, 0.2) is 0 Å². The van der Waals surface area contributed by atoms with Gasteiger partial charge < -0.3 is 11.1 Å². The number of imide groups is 1. The van der Waals surface area contributed by atoms with Crippen LogP contribution in [0.25, 0.3) is 0 Å². The molecule has 1 saturated carbocycles. The van der Waals surface area contributed by atoms with Crippen LogP contribution in [0.4, 0.5) is 0 Å². The van der Waals surface area contributed by atoms with Gasteiger partial charge in [0.1, 0.15) is 6.54 Å². The van der Waals surface area contributed by atoms with E-state index in [1.807, 2.05) is 6.92 Å². The molecule has 3 N–H and O–H groups in total. The Morgan fingerprint density at radius 3 is 2.52 bits per heavy atom. The Kier molecular flexibility index (Phi) is 3.93. The Hall–Kier alpha value is -2.21. The van der Waals surface area contributed by atoms with E-state index in [1.54, 1.807) is 18.2 Å². The van der Waals surface area contributed by atoms with Crippen LogP contribution < -0.4 is 11.1 Å². The van der Waals surface area contributed by atoms with Crippen LogP contribution in [0.3, 0.4) is 0 Å². The fraction of sp³-hybridized carbons (Fsp3) is 0.471. The number of nitrogens with two attached hydrogens (primary N) is 1. The van der Waals surface area contributed by atoms with Crippen LogP contribution in [-0.4, -0.2) is 41.2 Å². The molecule has 0 unspecified atom stereocenters. The summed E-state index contributed by atoms with van der Waals surface area (Å²) in [7, 11) is 0. The standard InChI is InChI=1S/C17H21N3O3/c1-11-4-5-12-13(8-11)16(23)20(15(12)22)9-14(21)19-17(10-18)6-2-3-7-17/h4-5,8H,2-3,6-7,9-10,18H2,1H3,(H,19,21). The number of rotatable bonds is 4. The molecule has 6 nitrogen and oxygen atoms in total. The van der Waals surface area contributed by atoms with Crippen molar-refractivity contribution in [2.24, 2.45) is 5.73 Å². The van der Waals surface area contributed by atoms with Crippen molar-refractivity contribution in [2.45, 2.75) is 38.1 Å². The van der Waals surface area contributed by atoms with Crippen molar-refractivity contribution < 1.29 is 14.4 Å². The summed E-state index contributed by atoms with van der Waals surface area (Å²) in [6.45, 7) is 1.98. The molecule has 122 valence electrons. The molecule has 0 aromatic heterocycles. The lowest BCUT2D eigenvalue weighted by atomic mass is 9.98. The lowest BCUT2D eigenvalue weighted by Gasteiger charge is -2.29. The Morgan fingerprint density at radius 2 is 1.87 bits per heavy atom. The summed E-state index contributed by atoms with van der Waals surface area (Å²) in [5.74, 6) is -1.14. The predicted molar refractivity (Wildman–Crippen MR) is 84.9 cm³/mol. The van der Waals surface area contributed by atoms with E-state index in [2.05, 4.69) is 5.32 Å². The number of nitrogens with one attached hydrogen (secondary N) is 1. The number of hydrogen-bond acceptors (Lipinski definition) is 4. The number of carbonyl (C=O) groups is 3. The van der Waals surface area contributed by atoms with Crippen molar-refractivity contribution in [1.82, 2.24) is 10.2 Å². The van der Waals surface area contributed by atoms with Gasteiger partial charge in [0.2, 0.25) is 5.91 Å². The minimum Gasteiger partial charge on any atom is -0.348 e. The van der Waals surface area contributed by atoms with Gasteiger partial charge in [-0.1, -0.05) is 24.5 Å². The topological polar surface area (TPSA) is 92.5 Å². The number of nitrogens with zero attached hydrogens (tertiary/aromatic N) is 1. The minimum absolute atomic E-state index is 0.257. The quantitative estimate of drug-likeness (QED) is 0.810. The molecule has 3 rings (SSSR count). The molecule has 3 amide bonds. The van der Waals surface area contributed by atoms with Gasteiger partial charge in [-0.05, 0) is 31.9 Å². The molecule has 23 heavy (non-hydrogen) atoms. The monoisotopic (exact) mass is 315 g/mol. The van der Waals surface area contributed by atoms with E-state index in [0.717, 1.165) is 36.1 Å². The molecule has 0 bridgehead atoms. The second-order valence-electron chi connectivity index (χ2n) is 6.49. The van der Waals surface area contributed by atoms with Gasteiger partial charge in [0.05, 0.1) is 16.7 Å². The van der Waals surface area contributed by atoms with Gasteiger partial charge in [0, 0.05) is 6.54 Å². The van der Waals surface area contributed by atoms with Gasteiger partial charge in [0.25, 0.3) is 11.8 Å². The largest absolute Gasteiger partial charge is 0.348 e. The summed E-state index contributed by atoms with van der Waals surface area (Å²) in [6, 6.07) is 5.11. The fourth-order valence-corrected chi connectivity index (χ4v) is 3.46. The minimum atomic E-state index is -0.409. The van der Waals surface area contributed by atoms with Gasteiger partial charge in [-0.2, -0.15) is 0 Å². The van der Waals surface area contributed by atoms with E-state index in [0.29, 0.717) is 17.7 Å². The third-order valence-corrected chi connectivity index (χ3v) is 4.78. The van der Waals surface area contributed by atoms with Crippen LogP contribution in [0.5, 0.6) is 0 Å². The number of hydrogen-bond donors (Lipinski definition) is 2. The van der Waals surface area contributed by atoms with E-state index in [4.69, 9.17) is 5.73 Å². The second kappa shape index (κ2) is 5.77. The van der Waals surface area contributed by atoms with Crippen molar-refractivity contribution in [3.63, 3.8) is 0 Å². The van der Waals surface area contributed by atoms with Crippen molar-refractivity contribution in [3.05, 3.63) is 34.9 Å². The Bertz CT molecular complexity index is 678. The van der Waals surface area contributed by atoms with Gasteiger partial charge in [-0.3, -0.25) is 19.3 Å². The smallest absolute Gasteiger partial charge is 0.262 e. The van der Waals surface area contributed by atoms with Crippen molar-refractivity contribution >= 4 is 17.7 Å². The average molecular weight is 315 g/mol. The summed E-state index contributed by atoms with van der Waals surface area (Å²) >= 11 is 0. The van der Waals surface area contributed by atoms with Crippen molar-refractivity contribution in [1.29, 1.82) is 0 Å². The average Bonchev–Trinajstić information content (AvgIpc) is 3.07. The van der Waals surface area contributed by atoms with Crippen LogP contribution in [0.1, 0.15) is 52.0 Å². The van der Waals surface area contributed by atoms with Gasteiger partial charge >= 0.3 is 0 Å². The van der Waals surface area contributed by atoms with E-state index < -0.39 is 11.8 Å². The highest BCUT2D eigenvalue weighted by Gasteiger charge is 2.39. The van der Waals surface area contributed by atoms with E-state index in [1.165, 1.54) is 0 Å². The highest BCUT2D eigenvalue weighted by atomic mass is 16.2. The molecule has 1 fully saturated rings. The van der Waals surface area contributed by atoms with Gasteiger partial charge in [-0.15, -0.1) is 0 Å². The zero-order chi connectivity index (χ0) is 16.6.